The maximum atomic E-state index is 9.01. The molecule has 2 saturated heterocycles. The van der Waals surface area contributed by atoms with Crippen molar-refractivity contribution in [3.63, 3.8) is 0 Å². The fraction of sp³-hybridized carbons (Fsp3) is 0.938. The van der Waals surface area contributed by atoms with E-state index in [0.29, 0.717) is 0 Å². The standard InChI is InChI=1S/C16H29N3/c1-16(2,14-17)8-4-6-9-18-11-12-19-10-5-3-7-15(19)13-18/h15H,3-13H2,1-2H3. The molecule has 2 aliphatic rings. The van der Waals surface area contributed by atoms with Crippen molar-refractivity contribution in [1.82, 2.24) is 9.80 Å². The molecular weight excluding hydrogens is 234 g/mol. The normalized spacial score (nSPS) is 25.8. The van der Waals surface area contributed by atoms with Crippen LogP contribution in [-0.2, 0) is 0 Å². The van der Waals surface area contributed by atoms with Crippen LogP contribution in [0.5, 0.6) is 0 Å². The number of rotatable bonds is 5. The Morgan fingerprint density at radius 2 is 2.00 bits per heavy atom. The molecule has 2 aliphatic heterocycles. The second-order valence-electron chi connectivity index (χ2n) is 6.94. The van der Waals surface area contributed by atoms with E-state index in [2.05, 4.69) is 15.9 Å². The maximum Gasteiger partial charge on any atom is 0.0683 e. The predicted molar refractivity (Wildman–Crippen MR) is 78.9 cm³/mol. The number of piperazine rings is 1. The first-order chi connectivity index (χ1) is 9.11. The van der Waals surface area contributed by atoms with Gasteiger partial charge in [-0.2, -0.15) is 5.26 Å². The van der Waals surface area contributed by atoms with Crippen molar-refractivity contribution in [3.8, 4) is 6.07 Å². The summed E-state index contributed by atoms with van der Waals surface area (Å²) in [6, 6.07) is 3.23. The van der Waals surface area contributed by atoms with Crippen LogP contribution < -0.4 is 0 Å². The fourth-order valence-corrected chi connectivity index (χ4v) is 3.38. The zero-order valence-corrected chi connectivity index (χ0v) is 12.7. The van der Waals surface area contributed by atoms with Gasteiger partial charge < -0.3 is 4.90 Å². The summed E-state index contributed by atoms with van der Waals surface area (Å²) in [4.78, 5) is 5.34. The van der Waals surface area contributed by atoms with Gasteiger partial charge in [-0.3, -0.25) is 4.90 Å². The molecule has 2 heterocycles. The first kappa shape index (κ1) is 14.8. The van der Waals surface area contributed by atoms with Gasteiger partial charge in [-0.25, -0.2) is 0 Å². The predicted octanol–water partition coefficient (Wildman–Crippen LogP) is 2.88. The molecule has 0 saturated carbocycles. The molecule has 2 rings (SSSR count). The van der Waals surface area contributed by atoms with Gasteiger partial charge in [0.15, 0.2) is 0 Å². The van der Waals surface area contributed by atoms with Gasteiger partial charge in [0.05, 0.1) is 11.5 Å². The van der Waals surface area contributed by atoms with Crippen LogP contribution in [0.2, 0.25) is 0 Å². The molecule has 0 N–H and O–H groups in total. The summed E-state index contributed by atoms with van der Waals surface area (Å²) in [7, 11) is 0. The van der Waals surface area contributed by atoms with Gasteiger partial charge in [0, 0.05) is 25.7 Å². The number of hydrogen-bond acceptors (Lipinski definition) is 3. The Hall–Kier alpha value is -0.590. The van der Waals surface area contributed by atoms with E-state index in [1.54, 1.807) is 0 Å². The molecule has 0 amide bonds. The smallest absolute Gasteiger partial charge is 0.0683 e. The van der Waals surface area contributed by atoms with Crippen LogP contribution in [0.3, 0.4) is 0 Å². The highest BCUT2D eigenvalue weighted by molar-refractivity contribution is 4.91. The minimum Gasteiger partial charge on any atom is -0.301 e. The van der Waals surface area contributed by atoms with Crippen molar-refractivity contribution < 1.29 is 0 Å². The molecule has 3 nitrogen and oxygen atoms in total. The first-order valence-corrected chi connectivity index (χ1v) is 7.98. The molecule has 0 spiro atoms. The van der Waals surface area contributed by atoms with Crippen LogP contribution in [0.25, 0.3) is 0 Å². The number of nitriles is 1. The van der Waals surface area contributed by atoms with Crippen LogP contribution in [0.15, 0.2) is 0 Å². The van der Waals surface area contributed by atoms with E-state index in [4.69, 9.17) is 5.26 Å². The number of piperidine rings is 1. The maximum absolute atomic E-state index is 9.01. The van der Waals surface area contributed by atoms with E-state index in [-0.39, 0.29) is 5.41 Å². The summed E-state index contributed by atoms with van der Waals surface area (Å²) < 4.78 is 0. The Balaban J connectivity index is 1.63. The summed E-state index contributed by atoms with van der Waals surface area (Å²) in [5.41, 5.74) is -0.137. The second-order valence-corrected chi connectivity index (χ2v) is 6.94. The topological polar surface area (TPSA) is 30.3 Å². The van der Waals surface area contributed by atoms with Gasteiger partial charge in [-0.15, -0.1) is 0 Å². The van der Waals surface area contributed by atoms with Crippen LogP contribution in [0.1, 0.15) is 52.4 Å². The van der Waals surface area contributed by atoms with E-state index in [1.807, 2.05) is 13.8 Å². The average molecular weight is 263 g/mol. The molecule has 0 aliphatic carbocycles. The fourth-order valence-electron chi connectivity index (χ4n) is 3.38. The van der Waals surface area contributed by atoms with Crippen LogP contribution in [0, 0.1) is 16.7 Å². The SMILES string of the molecule is CC(C)(C#N)CCCCN1CCN2CCCCC2C1. The molecule has 1 atom stereocenters. The number of hydrogen-bond donors (Lipinski definition) is 0. The summed E-state index contributed by atoms with van der Waals surface area (Å²) in [6.45, 7) is 10.5. The second kappa shape index (κ2) is 6.72. The van der Waals surface area contributed by atoms with E-state index in [0.717, 1.165) is 12.5 Å². The summed E-state index contributed by atoms with van der Waals surface area (Å²) >= 11 is 0. The Labute approximate surface area is 118 Å². The molecule has 108 valence electrons. The first-order valence-electron chi connectivity index (χ1n) is 7.98. The van der Waals surface area contributed by atoms with Gasteiger partial charge in [0.1, 0.15) is 0 Å². The summed E-state index contributed by atoms with van der Waals surface area (Å²) in [6.07, 6.45) is 7.69. The van der Waals surface area contributed by atoms with Gasteiger partial charge in [-0.1, -0.05) is 12.8 Å². The minimum atomic E-state index is -0.137. The van der Waals surface area contributed by atoms with E-state index >= 15 is 0 Å². The van der Waals surface area contributed by atoms with E-state index in [1.165, 1.54) is 64.8 Å². The molecule has 0 aromatic heterocycles. The third kappa shape index (κ3) is 4.47. The van der Waals surface area contributed by atoms with Gasteiger partial charge in [0.25, 0.3) is 0 Å². The zero-order chi connectivity index (χ0) is 13.7. The summed E-state index contributed by atoms with van der Waals surface area (Å²) in [5.74, 6) is 0. The highest BCUT2D eigenvalue weighted by Crippen LogP contribution is 2.23. The van der Waals surface area contributed by atoms with Crippen molar-refractivity contribution in [2.24, 2.45) is 5.41 Å². The van der Waals surface area contributed by atoms with Crippen LogP contribution in [-0.4, -0.2) is 48.6 Å². The van der Waals surface area contributed by atoms with Crippen molar-refractivity contribution in [1.29, 1.82) is 5.26 Å². The van der Waals surface area contributed by atoms with Crippen LogP contribution >= 0.6 is 0 Å². The Morgan fingerprint density at radius 1 is 1.16 bits per heavy atom. The third-order valence-electron chi connectivity index (χ3n) is 4.75. The Morgan fingerprint density at radius 3 is 2.79 bits per heavy atom. The summed E-state index contributed by atoms with van der Waals surface area (Å²) in [5, 5.41) is 9.01. The molecule has 0 radical (unpaired) electrons. The molecule has 19 heavy (non-hydrogen) atoms. The highest BCUT2D eigenvalue weighted by atomic mass is 15.3. The van der Waals surface area contributed by atoms with Crippen molar-refractivity contribution in [3.05, 3.63) is 0 Å². The number of unbranched alkanes of at least 4 members (excludes halogenated alkanes) is 1. The molecule has 3 heteroatoms. The lowest BCUT2D eigenvalue weighted by Gasteiger charge is -2.44. The number of fused-ring (bicyclic) bond motifs is 1. The van der Waals surface area contributed by atoms with Gasteiger partial charge in [0.2, 0.25) is 0 Å². The molecule has 0 bridgehead atoms. The lowest BCUT2D eigenvalue weighted by Crippen LogP contribution is -2.54. The zero-order valence-electron chi connectivity index (χ0n) is 12.7. The van der Waals surface area contributed by atoms with Gasteiger partial charge >= 0.3 is 0 Å². The van der Waals surface area contributed by atoms with Crippen molar-refractivity contribution >= 4 is 0 Å². The highest BCUT2D eigenvalue weighted by Gasteiger charge is 2.28. The lowest BCUT2D eigenvalue weighted by atomic mass is 9.89. The Bertz CT molecular complexity index is 318. The molecular formula is C16H29N3. The number of nitrogens with zero attached hydrogens (tertiary/aromatic N) is 3. The molecule has 1 unspecified atom stereocenters. The van der Waals surface area contributed by atoms with Crippen LogP contribution in [0.4, 0.5) is 0 Å². The monoisotopic (exact) mass is 263 g/mol. The molecule has 2 fully saturated rings. The third-order valence-corrected chi connectivity index (χ3v) is 4.75. The van der Waals surface area contributed by atoms with E-state index in [9.17, 15) is 0 Å². The minimum absolute atomic E-state index is 0.137. The molecule has 0 aromatic rings. The van der Waals surface area contributed by atoms with Gasteiger partial charge in [-0.05, 0) is 52.6 Å². The lowest BCUT2D eigenvalue weighted by molar-refractivity contribution is 0.0484. The average Bonchev–Trinajstić information content (AvgIpc) is 2.43. The molecule has 0 aromatic carbocycles. The van der Waals surface area contributed by atoms with Crippen molar-refractivity contribution in [2.75, 3.05) is 32.7 Å². The largest absolute Gasteiger partial charge is 0.301 e. The van der Waals surface area contributed by atoms with Crippen molar-refractivity contribution in [2.45, 2.75) is 58.4 Å². The Kier molecular flexibility index (Phi) is 5.24. The quantitative estimate of drug-likeness (QED) is 0.715. The van der Waals surface area contributed by atoms with E-state index < -0.39 is 0 Å².